The summed E-state index contributed by atoms with van der Waals surface area (Å²) in [5.74, 6) is 0.213. The van der Waals surface area contributed by atoms with E-state index in [9.17, 15) is 9.59 Å². The second-order valence-electron chi connectivity index (χ2n) is 7.10. The molecule has 3 rings (SSSR count). The van der Waals surface area contributed by atoms with E-state index in [0.29, 0.717) is 12.1 Å². The topological polar surface area (TPSA) is 67.4 Å². The molecule has 0 fully saturated rings. The first kappa shape index (κ1) is 22.3. The van der Waals surface area contributed by atoms with Crippen molar-refractivity contribution in [2.24, 2.45) is 0 Å². The predicted octanol–water partition coefficient (Wildman–Crippen LogP) is 4.59. The molecule has 0 unspecified atom stereocenters. The molecular weight excluding hydrogens is 408 g/mol. The van der Waals surface area contributed by atoms with Crippen molar-refractivity contribution >= 4 is 29.2 Å². The quantitative estimate of drug-likeness (QED) is 0.382. The van der Waals surface area contributed by atoms with Crippen molar-refractivity contribution in [2.75, 3.05) is 13.7 Å². The maximum Gasteiger partial charge on any atom is 0.267 e. The largest absolute Gasteiger partial charge is 0.497 e. The molecule has 2 N–H and O–H groups in total. The molecule has 6 heteroatoms. The summed E-state index contributed by atoms with van der Waals surface area (Å²) in [5.41, 5.74) is 2.99. The molecule has 2 aromatic carbocycles. The third-order valence-electron chi connectivity index (χ3n) is 4.72. The number of benzene rings is 2. The molecule has 5 nitrogen and oxygen atoms in total. The summed E-state index contributed by atoms with van der Waals surface area (Å²) in [5, 5.41) is 7.61. The minimum Gasteiger partial charge on any atom is -0.497 e. The Labute approximate surface area is 186 Å². The number of methoxy groups -OCH3 is 1. The van der Waals surface area contributed by atoms with Crippen LogP contribution in [0.2, 0.25) is 0 Å². The number of hydrogen-bond acceptors (Lipinski definition) is 4. The third-order valence-corrected chi connectivity index (χ3v) is 5.54. The van der Waals surface area contributed by atoms with Crippen LogP contribution in [0, 0.1) is 6.92 Å². The van der Waals surface area contributed by atoms with Gasteiger partial charge >= 0.3 is 0 Å². The van der Waals surface area contributed by atoms with Crippen LogP contribution < -0.4 is 15.4 Å². The van der Waals surface area contributed by atoms with Crippen LogP contribution in [0.25, 0.3) is 6.08 Å². The lowest BCUT2D eigenvalue weighted by Gasteiger charge is -2.11. The van der Waals surface area contributed by atoms with E-state index in [4.69, 9.17) is 4.74 Å². The van der Waals surface area contributed by atoms with Gasteiger partial charge in [-0.1, -0.05) is 35.9 Å². The molecule has 0 saturated carbocycles. The number of amides is 2. The lowest BCUT2D eigenvalue weighted by atomic mass is 10.1. The Balaban J connectivity index is 1.59. The summed E-state index contributed by atoms with van der Waals surface area (Å²) < 4.78 is 5.17. The molecule has 1 heterocycles. The lowest BCUT2D eigenvalue weighted by Crippen LogP contribution is -2.35. The zero-order valence-electron chi connectivity index (χ0n) is 17.7. The molecule has 0 bridgehead atoms. The molecule has 3 aromatic rings. The number of nitrogens with one attached hydrogen (secondary N) is 2. The van der Waals surface area contributed by atoms with Crippen LogP contribution >= 0.6 is 11.3 Å². The second-order valence-corrected chi connectivity index (χ2v) is 8.08. The van der Waals surface area contributed by atoms with Gasteiger partial charge in [0.1, 0.15) is 11.4 Å². The van der Waals surface area contributed by atoms with E-state index in [2.05, 4.69) is 10.6 Å². The summed E-state index contributed by atoms with van der Waals surface area (Å²) in [6.45, 7) is 2.47. The van der Waals surface area contributed by atoms with E-state index < -0.39 is 0 Å². The molecule has 0 aliphatic rings. The monoisotopic (exact) mass is 434 g/mol. The number of hydrogen-bond donors (Lipinski definition) is 2. The Bertz CT molecular complexity index is 1020. The fraction of sp³-hybridized carbons (Fsp3) is 0.200. The molecule has 0 aliphatic heterocycles. The standard InChI is InChI=1S/C25H26N2O3S/c1-18-7-11-20(12-8-18)24(28)27-23(17-22-6-4-16-31-22)25(29)26-15-3-5-19-9-13-21(30-2)14-10-19/h4,6-14,16-17H,3,5,15H2,1-2H3,(H,26,29)(H,27,28)/b23-17-. The first-order chi connectivity index (χ1) is 15.0. The van der Waals surface area contributed by atoms with Crippen LogP contribution in [-0.2, 0) is 11.2 Å². The lowest BCUT2D eigenvalue weighted by molar-refractivity contribution is -0.117. The van der Waals surface area contributed by atoms with Gasteiger partial charge < -0.3 is 15.4 Å². The molecule has 0 saturated heterocycles. The molecule has 2 amide bonds. The SMILES string of the molecule is COc1ccc(CCCNC(=O)/C(=C/c2cccs2)NC(=O)c2ccc(C)cc2)cc1. The number of aryl methyl sites for hydroxylation is 2. The van der Waals surface area contributed by atoms with Crippen molar-refractivity contribution < 1.29 is 14.3 Å². The van der Waals surface area contributed by atoms with Crippen molar-refractivity contribution in [1.82, 2.24) is 10.6 Å². The normalized spacial score (nSPS) is 11.1. The van der Waals surface area contributed by atoms with E-state index in [1.54, 1.807) is 25.3 Å². The smallest absolute Gasteiger partial charge is 0.267 e. The van der Waals surface area contributed by atoms with Crippen molar-refractivity contribution in [2.45, 2.75) is 19.8 Å². The Hall–Kier alpha value is -3.38. The van der Waals surface area contributed by atoms with Crippen LogP contribution in [-0.4, -0.2) is 25.5 Å². The number of carbonyl (C=O) groups excluding carboxylic acids is 2. The minimum atomic E-state index is -0.309. The van der Waals surface area contributed by atoms with Crippen LogP contribution in [0.3, 0.4) is 0 Å². The second kappa shape index (κ2) is 11.1. The van der Waals surface area contributed by atoms with Gasteiger partial charge in [0, 0.05) is 17.0 Å². The first-order valence-corrected chi connectivity index (χ1v) is 11.0. The van der Waals surface area contributed by atoms with Gasteiger partial charge in [-0.15, -0.1) is 11.3 Å². The highest BCUT2D eigenvalue weighted by Crippen LogP contribution is 2.14. The summed E-state index contributed by atoms with van der Waals surface area (Å²) >= 11 is 1.50. The zero-order chi connectivity index (χ0) is 22.1. The molecule has 1 aromatic heterocycles. The van der Waals surface area contributed by atoms with Crippen molar-refractivity contribution in [3.63, 3.8) is 0 Å². The van der Waals surface area contributed by atoms with Crippen LogP contribution in [0.1, 0.15) is 32.8 Å². The molecule has 0 spiro atoms. The first-order valence-electron chi connectivity index (χ1n) is 10.1. The number of thiophene rings is 1. The highest BCUT2D eigenvalue weighted by atomic mass is 32.1. The van der Waals surface area contributed by atoms with Gasteiger partial charge in [0.15, 0.2) is 0 Å². The van der Waals surface area contributed by atoms with E-state index >= 15 is 0 Å². The molecule has 0 radical (unpaired) electrons. The highest BCUT2D eigenvalue weighted by Gasteiger charge is 2.14. The van der Waals surface area contributed by atoms with Gasteiger partial charge in [0.05, 0.1) is 7.11 Å². The summed E-state index contributed by atoms with van der Waals surface area (Å²) in [4.78, 5) is 26.3. The number of carbonyl (C=O) groups is 2. The zero-order valence-corrected chi connectivity index (χ0v) is 18.5. The van der Waals surface area contributed by atoms with Crippen molar-refractivity contribution in [1.29, 1.82) is 0 Å². The van der Waals surface area contributed by atoms with Crippen LogP contribution in [0.5, 0.6) is 5.75 Å². The van der Waals surface area contributed by atoms with Crippen molar-refractivity contribution in [3.8, 4) is 5.75 Å². The summed E-state index contributed by atoms with van der Waals surface area (Å²) in [6, 6.07) is 18.9. The molecule has 160 valence electrons. The molecule has 0 aliphatic carbocycles. The molecule has 0 atom stereocenters. The average Bonchev–Trinajstić information content (AvgIpc) is 3.30. The molecule has 31 heavy (non-hydrogen) atoms. The number of rotatable bonds is 9. The van der Waals surface area contributed by atoms with E-state index in [0.717, 1.165) is 29.0 Å². The van der Waals surface area contributed by atoms with E-state index in [1.165, 1.54) is 16.9 Å². The van der Waals surface area contributed by atoms with Gasteiger partial charge in [-0.25, -0.2) is 0 Å². The molecular formula is C25H26N2O3S. The van der Waals surface area contributed by atoms with Crippen molar-refractivity contribution in [3.05, 3.63) is 93.3 Å². The van der Waals surface area contributed by atoms with Crippen LogP contribution in [0.4, 0.5) is 0 Å². The van der Waals surface area contributed by atoms with Gasteiger partial charge in [0.25, 0.3) is 11.8 Å². The maximum absolute atomic E-state index is 12.8. The summed E-state index contributed by atoms with van der Waals surface area (Å²) in [7, 11) is 1.64. The van der Waals surface area contributed by atoms with Gasteiger partial charge in [-0.3, -0.25) is 9.59 Å². The Morgan fingerprint density at radius 1 is 1.03 bits per heavy atom. The summed E-state index contributed by atoms with van der Waals surface area (Å²) in [6.07, 6.45) is 3.33. The van der Waals surface area contributed by atoms with Gasteiger partial charge in [-0.05, 0) is 67.1 Å². The average molecular weight is 435 g/mol. The predicted molar refractivity (Wildman–Crippen MR) is 125 cm³/mol. The maximum atomic E-state index is 12.8. The third kappa shape index (κ3) is 6.83. The Morgan fingerprint density at radius 3 is 2.42 bits per heavy atom. The number of ether oxygens (including phenoxy) is 1. The van der Waals surface area contributed by atoms with Crippen LogP contribution in [0.15, 0.2) is 71.7 Å². The fourth-order valence-corrected chi connectivity index (χ4v) is 3.61. The Morgan fingerprint density at radius 2 is 1.77 bits per heavy atom. The van der Waals surface area contributed by atoms with E-state index in [-0.39, 0.29) is 17.5 Å². The van der Waals surface area contributed by atoms with E-state index in [1.807, 2.05) is 60.8 Å². The highest BCUT2D eigenvalue weighted by molar-refractivity contribution is 7.10. The fourth-order valence-electron chi connectivity index (χ4n) is 2.96. The van der Waals surface area contributed by atoms with Gasteiger partial charge in [0.2, 0.25) is 0 Å². The Kier molecular flexibility index (Phi) is 8.01. The van der Waals surface area contributed by atoms with Gasteiger partial charge in [-0.2, -0.15) is 0 Å². The minimum absolute atomic E-state index is 0.234.